The van der Waals surface area contributed by atoms with Crippen LogP contribution in [0.15, 0.2) is 6.07 Å². The molecule has 1 N–H and O–H groups in total. The first-order valence-corrected chi connectivity index (χ1v) is 9.12. The average molecular weight is 325 g/mol. The molecular weight excluding hydrogens is 306 g/mol. The standard InChI is InChI=1S/C13H19N5O3S/c1-3-10-14-11(17-4-6-22(20,21)7-5-17)8-12-15-13(9(2)19)16-18(10)12/h8-9,19H,3-7H2,1-2H3. The van der Waals surface area contributed by atoms with Crippen molar-refractivity contribution in [3.63, 3.8) is 0 Å². The molecule has 22 heavy (non-hydrogen) atoms. The van der Waals surface area contributed by atoms with Gasteiger partial charge in [-0.05, 0) is 6.92 Å². The molecule has 0 spiro atoms. The predicted octanol–water partition coefficient (Wildman–Crippen LogP) is -0.0252. The Kier molecular flexibility index (Phi) is 3.77. The Morgan fingerprint density at radius 3 is 2.59 bits per heavy atom. The topological polar surface area (TPSA) is 101 Å². The summed E-state index contributed by atoms with van der Waals surface area (Å²) in [6, 6.07) is 1.79. The number of aliphatic hydroxyl groups is 1. The number of anilines is 1. The molecule has 1 atom stereocenters. The lowest BCUT2D eigenvalue weighted by atomic mass is 10.4. The fourth-order valence-electron chi connectivity index (χ4n) is 2.46. The van der Waals surface area contributed by atoms with Gasteiger partial charge in [-0.25, -0.2) is 18.4 Å². The Labute approximate surface area is 128 Å². The summed E-state index contributed by atoms with van der Waals surface area (Å²) >= 11 is 0. The Balaban J connectivity index is 2.00. The molecule has 2 aromatic rings. The second-order valence-corrected chi connectivity index (χ2v) is 7.74. The van der Waals surface area contributed by atoms with E-state index in [2.05, 4.69) is 15.1 Å². The Morgan fingerprint density at radius 1 is 1.32 bits per heavy atom. The molecule has 1 saturated heterocycles. The number of aliphatic hydroxyl groups excluding tert-OH is 1. The van der Waals surface area contributed by atoms with Crippen molar-refractivity contribution in [2.75, 3.05) is 29.5 Å². The van der Waals surface area contributed by atoms with Crippen molar-refractivity contribution in [2.24, 2.45) is 0 Å². The first-order valence-electron chi connectivity index (χ1n) is 7.29. The number of hydrogen-bond donors (Lipinski definition) is 1. The minimum absolute atomic E-state index is 0.146. The summed E-state index contributed by atoms with van der Waals surface area (Å²) in [5.41, 5.74) is 0.617. The minimum atomic E-state index is -2.92. The first-order chi connectivity index (χ1) is 10.4. The van der Waals surface area contributed by atoms with Gasteiger partial charge in [-0.3, -0.25) is 0 Å². The maximum Gasteiger partial charge on any atom is 0.179 e. The van der Waals surface area contributed by atoms with Gasteiger partial charge in [-0.15, -0.1) is 5.10 Å². The highest BCUT2D eigenvalue weighted by Gasteiger charge is 2.24. The van der Waals surface area contributed by atoms with Crippen molar-refractivity contribution in [1.82, 2.24) is 19.6 Å². The van der Waals surface area contributed by atoms with E-state index in [1.807, 2.05) is 11.8 Å². The summed E-state index contributed by atoms with van der Waals surface area (Å²) in [6.45, 7) is 4.46. The van der Waals surface area contributed by atoms with E-state index in [0.29, 0.717) is 36.8 Å². The molecule has 1 unspecified atom stereocenters. The molecule has 3 rings (SSSR count). The summed E-state index contributed by atoms with van der Waals surface area (Å²) in [4.78, 5) is 10.9. The van der Waals surface area contributed by atoms with E-state index in [9.17, 15) is 13.5 Å². The van der Waals surface area contributed by atoms with E-state index in [1.165, 1.54) is 0 Å². The largest absolute Gasteiger partial charge is 0.385 e. The fourth-order valence-corrected chi connectivity index (χ4v) is 3.66. The summed E-state index contributed by atoms with van der Waals surface area (Å²) in [6.07, 6.45) is -0.0767. The monoisotopic (exact) mass is 325 g/mol. The van der Waals surface area contributed by atoms with E-state index in [4.69, 9.17) is 0 Å². The third-order valence-corrected chi connectivity index (χ3v) is 5.36. The second kappa shape index (κ2) is 5.47. The number of hydrogen-bond acceptors (Lipinski definition) is 7. The van der Waals surface area contributed by atoms with E-state index in [-0.39, 0.29) is 11.5 Å². The van der Waals surface area contributed by atoms with Crippen LogP contribution in [0, 0.1) is 0 Å². The Morgan fingerprint density at radius 2 is 2.00 bits per heavy atom. The van der Waals surface area contributed by atoms with Gasteiger partial charge in [0.25, 0.3) is 0 Å². The summed E-state index contributed by atoms with van der Waals surface area (Å²) < 4.78 is 24.7. The molecule has 1 aliphatic heterocycles. The number of fused-ring (bicyclic) bond motifs is 1. The molecule has 1 fully saturated rings. The highest BCUT2D eigenvalue weighted by atomic mass is 32.2. The molecule has 0 amide bonds. The molecule has 8 nitrogen and oxygen atoms in total. The zero-order chi connectivity index (χ0) is 15.9. The number of rotatable bonds is 3. The molecule has 0 saturated carbocycles. The first kappa shape index (κ1) is 15.2. The zero-order valence-corrected chi connectivity index (χ0v) is 13.4. The summed E-state index contributed by atoms with van der Waals surface area (Å²) in [5, 5.41) is 13.9. The highest BCUT2D eigenvalue weighted by molar-refractivity contribution is 7.91. The van der Waals surface area contributed by atoms with Crippen molar-refractivity contribution in [2.45, 2.75) is 26.4 Å². The van der Waals surface area contributed by atoms with Crippen molar-refractivity contribution in [3.8, 4) is 0 Å². The van der Waals surface area contributed by atoms with Gasteiger partial charge in [0.1, 0.15) is 17.7 Å². The van der Waals surface area contributed by atoms with Gasteiger partial charge in [0.2, 0.25) is 0 Å². The number of aromatic nitrogens is 4. The van der Waals surface area contributed by atoms with Crippen LogP contribution in [0.25, 0.3) is 5.65 Å². The van der Waals surface area contributed by atoms with Crippen molar-refractivity contribution < 1.29 is 13.5 Å². The van der Waals surface area contributed by atoms with Crippen LogP contribution in [0.4, 0.5) is 5.82 Å². The highest BCUT2D eigenvalue weighted by Crippen LogP contribution is 2.19. The number of sulfone groups is 1. The third-order valence-electron chi connectivity index (χ3n) is 3.75. The molecule has 0 radical (unpaired) electrons. The Bertz CT molecular complexity index is 785. The predicted molar refractivity (Wildman–Crippen MR) is 81.7 cm³/mol. The van der Waals surface area contributed by atoms with E-state index in [1.54, 1.807) is 17.5 Å². The van der Waals surface area contributed by atoms with E-state index >= 15 is 0 Å². The van der Waals surface area contributed by atoms with Crippen LogP contribution in [0.1, 0.15) is 31.6 Å². The maximum absolute atomic E-state index is 11.5. The van der Waals surface area contributed by atoms with Crippen molar-refractivity contribution in [1.29, 1.82) is 0 Å². The van der Waals surface area contributed by atoms with Gasteiger partial charge >= 0.3 is 0 Å². The lowest BCUT2D eigenvalue weighted by Crippen LogP contribution is -2.40. The van der Waals surface area contributed by atoms with Gasteiger partial charge < -0.3 is 10.0 Å². The molecular formula is C13H19N5O3S. The third kappa shape index (κ3) is 2.78. The van der Waals surface area contributed by atoms with Crippen LogP contribution in [0.3, 0.4) is 0 Å². The molecule has 120 valence electrons. The van der Waals surface area contributed by atoms with Gasteiger partial charge in [0.15, 0.2) is 21.3 Å². The maximum atomic E-state index is 11.5. The summed E-state index contributed by atoms with van der Waals surface area (Å²) in [5.74, 6) is 2.10. The van der Waals surface area contributed by atoms with Gasteiger partial charge in [-0.1, -0.05) is 6.92 Å². The lowest BCUT2D eigenvalue weighted by molar-refractivity contribution is 0.189. The number of nitrogens with zero attached hydrogens (tertiary/aromatic N) is 5. The van der Waals surface area contributed by atoms with Crippen molar-refractivity contribution in [3.05, 3.63) is 17.7 Å². The fraction of sp³-hybridized carbons (Fsp3) is 0.615. The average Bonchev–Trinajstić information content (AvgIpc) is 2.90. The Hall–Kier alpha value is -1.74. The van der Waals surface area contributed by atoms with Gasteiger partial charge in [0, 0.05) is 25.6 Å². The molecule has 0 aromatic carbocycles. The summed E-state index contributed by atoms with van der Waals surface area (Å²) in [7, 11) is -2.92. The van der Waals surface area contributed by atoms with Gasteiger partial charge in [-0.2, -0.15) is 4.52 Å². The van der Waals surface area contributed by atoms with E-state index in [0.717, 1.165) is 5.82 Å². The van der Waals surface area contributed by atoms with Gasteiger partial charge in [0.05, 0.1) is 11.5 Å². The van der Waals surface area contributed by atoms with Crippen LogP contribution in [0.5, 0.6) is 0 Å². The molecule has 3 heterocycles. The quantitative estimate of drug-likeness (QED) is 0.846. The normalized spacial score (nSPS) is 19.5. The molecule has 0 bridgehead atoms. The zero-order valence-electron chi connectivity index (χ0n) is 12.6. The van der Waals surface area contributed by atoms with Crippen LogP contribution in [-0.4, -0.2) is 57.7 Å². The minimum Gasteiger partial charge on any atom is -0.385 e. The molecule has 2 aromatic heterocycles. The van der Waals surface area contributed by atoms with Crippen LogP contribution in [-0.2, 0) is 16.3 Å². The smallest absolute Gasteiger partial charge is 0.179 e. The molecule has 0 aliphatic carbocycles. The lowest BCUT2D eigenvalue weighted by Gasteiger charge is -2.27. The van der Waals surface area contributed by atoms with E-state index < -0.39 is 15.9 Å². The van der Waals surface area contributed by atoms with Crippen LogP contribution >= 0.6 is 0 Å². The SMILES string of the molecule is CCc1nc(N2CCS(=O)(=O)CC2)cc2nc(C(C)O)nn12. The number of aryl methyl sites for hydroxylation is 1. The van der Waals surface area contributed by atoms with Crippen molar-refractivity contribution >= 4 is 21.3 Å². The van der Waals surface area contributed by atoms with Crippen LogP contribution < -0.4 is 4.90 Å². The molecule has 9 heteroatoms. The molecule has 1 aliphatic rings. The second-order valence-electron chi connectivity index (χ2n) is 5.44. The van der Waals surface area contributed by atoms with Crippen LogP contribution in [0.2, 0.25) is 0 Å².